The van der Waals surface area contributed by atoms with Gasteiger partial charge in [-0.15, -0.1) is 0 Å². The van der Waals surface area contributed by atoms with Gasteiger partial charge < -0.3 is 10.4 Å². The van der Waals surface area contributed by atoms with E-state index >= 15 is 0 Å². The molecule has 0 saturated heterocycles. The molecule has 0 amide bonds. The van der Waals surface area contributed by atoms with Crippen LogP contribution >= 0.6 is 15.9 Å². The van der Waals surface area contributed by atoms with Crippen molar-refractivity contribution in [2.24, 2.45) is 0 Å². The largest absolute Gasteiger partial charge is 0.478 e. The molecule has 0 aliphatic rings. The summed E-state index contributed by atoms with van der Waals surface area (Å²) in [7, 11) is 0. The van der Waals surface area contributed by atoms with Crippen molar-refractivity contribution in [3.8, 4) is 0 Å². The number of carbonyl (C=O) groups is 1. The fraction of sp³-hybridized carbons (Fsp3) is 0. The second kappa shape index (κ2) is 5.70. The number of carboxylic acid groups (broad SMARTS) is 1. The van der Waals surface area contributed by atoms with Crippen LogP contribution in [0.4, 0.5) is 17.1 Å². The number of nitro benzene ring substituents is 1. The minimum Gasteiger partial charge on any atom is -0.478 e. The van der Waals surface area contributed by atoms with E-state index in [0.29, 0.717) is 5.69 Å². The maximum Gasteiger partial charge on any atom is 0.335 e. The predicted molar refractivity (Wildman–Crippen MR) is 77.5 cm³/mol. The van der Waals surface area contributed by atoms with Crippen molar-refractivity contribution in [2.75, 3.05) is 5.32 Å². The van der Waals surface area contributed by atoms with Gasteiger partial charge in [0.25, 0.3) is 5.69 Å². The van der Waals surface area contributed by atoms with E-state index in [9.17, 15) is 14.9 Å². The Hall–Kier alpha value is -2.41. The quantitative estimate of drug-likeness (QED) is 0.654. The third kappa shape index (κ3) is 3.12. The number of halogens is 1. The Bertz CT molecular complexity index is 688. The molecule has 0 fully saturated rings. The van der Waals surface area contributed by atoms with Crippen molar-refractivity contribution in [1.82, 2.24) is 0 Å². The molecule has 2 N–H and O–H groups in total. The van der Waals surface area contributed by atoms with Crippen LogP contribution < -0.4 is 5.32 Å². The molecule has 102 valence electrons. The van der Waals surface area contributed by atoms with Crippen LogP contribution in [0.15, 0.2) is 46.9 Å². The van der Waals surface area contributed by atoms with Crippen molar-refractivity contribution >= 4 is 39.0 Å². The number of aromatic carboxylic acids is 1. The number of anilines is 2. The van der Waals surface area contributed by atoms with Crippen LogP contribution in [0.25, 0.3) is 0 Å². The number of benzene rings is 2. The van der Waals surface area contributed by atoms with Crippen molar-refractivity contribution in [1.29, 1.82) is 0 Å². The standard InChI is InChI=1S/C13H9BrN2O4/c14-9-2-1-3-10(7-9)15-11-6-8(13(17)18)4-5-12(11)16(19)20/h1-7,15H,(H,17,18). The van der Waals surface area contributed by atoms with Crippen molar-refractivity contribution in [3.63, 3.8) is 0 Å². The van der Waals surface area contributed by atoms with E-state index in [2.05, 4.69) is 21.2 Å². The van der Waals surface area contributed by atoms with Gasteiger partial charge in [-0.25, -0.2) is 4.79 Å². The van der Waals surface area contributed by atoms with Gasteiger partial charge in [-0.2, -0.15) is 0 Å². The summed E-state index contributed by atoms with van der Waals surface area (Å²) in [5, 5.41) is 22.8. The summed E-state index contributed by atoms with van der Waals surface area (Å²) < 4.78 is 0.805. The van der Waals surface area contributed by atoms with E-state index < -0.39 is 10.9 Å². The third-order valence-electron chi connectivity index (χ3n) is 2.54. The minimum atomic E-state index is -1.14. The second-order valence-corrected chi connectivity index (χ2v) is 4.85. The Kier molecular flexibility index (Phi) is 3.99. The van der Waals surface area contributed by atoms with Gasteiger partial charge in [-0.3, -0.25) is 10.1 Å². The van der Waals surface area contributed by atoms with E-state index in [1.54, 1.807) is 18.2 Å². The first-order valence-corrected chi connectivity index (χ1v) is 6.31. The number of nitrogens with zero attached hydrogens (tertiary/aromatic N) is 1. The normalized spacial score (nSPS) is 10.1. The monoisotopic (exact) mass is 336 g/mol. The summed E-state index contributed by atoms with van der Waals surface area (Å²) >= 11 is 3.29. The molecule has 0 aromatic heterocycles. The molecular weight excluding hydrogens is 328 g/mol. The fourth-order valence-corrected chi connectivity index (χ4v) is 2.05. The zero-order chi connectivity index (χ0) is 14.7. The molecule has 20 heavy (non-hydrogen) atoms. The third-order valence-corrected chi connectivity index (χ3v) is 3.04. The zero-order valence-electron chi connectivity index (χ0n) is 10.0. The Balaban J connectivity index is 2.44. The highest BCUT2D eigenvalue weighted by atomic mass is 79.9. The lowest BCUT2D eigenvalue weighted by Gasteiger charge is -2.08. The average molecular weight is 337 g/mol. The molecule has 0 saturated carbocycles. The molecule has 0 unspecified atom stereocenters. The summed E-state index contributed by atoms with van der Waals surface area (Å²) in [5.74, 6) is -1.14. The molecule has 7 heteroatoms. The Morgan fingerprint density at radius 2 is 2.00 bits per heavy atom. The lowest BCUT2D eigenvalue weighted by atomic mass is 10.1. The summed E-state index contributed by atoms with van der Waals surface area (Å²) in [6.45, 7) is 0. The molecule has 2 aromatic rings. The van der Waals surface area contributed by atoms with Gasteiger partial charge in [0.1, 0.15) is 5.69 Å². The van der Waals surface area contributed by atoms with Crippen LogP contribution in [0, 0.1) is 10.1 Å². The summed E-state index contributed by atoms with van der Waals surface area (Å²) in [6.07, 6.45) is 0. The lowest BCUT2D eigenvalue weighted by Crippen LogP contribution is -2.01. The molecular formula is C13H9BrN2O4. The van der Waals surface area contributed by atoms with E-state index in [1.165, 1.54) is 18.2 Å². The maximum absolute atomic E-state index is 11.0. The number of hydrogen-bond donors (Lipinski definition) is 2. The first-order valence-electron chi connectivity index (χ1n) is 5.51. The van der Waals surface area contributed by atoms with E-state index in [1.807, 2.05) is 6.07 Å². The molecule has 0 spiro atoms. The van der Waals surface area contributed by atoms with Crippen LogP contribution in [-0.4, -0.2) is 16.0 Å². The molecule has 0 radical (unpaired) electrons. The van der Waals surface area contributed by atoms with E-state index in [4.69, 9.17) is 5.11 Å². The van der Waals surface area contributed by atoms with Crippen LogP contribution in [0.2, 0.25) is 0 Å². The predicted octanol–water partition coefficient (Wildman–Crippen LogP) is 3.80. The SMILES string of the molecule is O=C(O)c1ccc([N+](=O)[O-])c(Nc2cccc(Br)c2)c1. The Morgan fingerprint density at radius 3 is 2.60 bits per heavy atom. The van der Waals surface area contributed by atoms with Gasteiger partial charge in [0, 0.05) is 16.2 Å². The van der Waals surface area contributed by atoms with Crippen LogP contribution in [-0.2, 0) is 0 Å². The average Bonchev–Trinajstić information content (AvgIpc) is 2.38. The van der Waals surface area contributed by atoms with Crippen molar-refractivity contribution < 1.29 is 14.8 Å². The Labute approximate surface area is 122 Å². The second-order valence-electron chi connectivity index (χ2n) is 3.93. The van der Waals surface area contributed by atoms with Gasteiger partial charge in [0.2, 0.25) is 0 Å². The van der Waals surface area contributed by atoms with Crippen LogP contribution in [0.5, 0.6) is 0 Å². The molecule has 0 bridgehead atoms. The number of carboxylic acids is 1. The smallest absolute Gasteiger partial charge is 0.335 e. The number of rotatable bonds is 4. The number of nitro groups is 1. The first kappa shape index (κ1) is 14.0. The minimum absolute atomic E-state index is 0.0203. The van der Waals surface area contributed by atoms with Crippen molar-refractivity contribution in [2.45, 2.75) is 0 Å². The zero-order valence-corrected chi connectivity index (χ0v) is 11.6. The van der Waals surface area contributed by atoms with Crippen molar-refractivity contribution in [3.05, 3.63) is 62.6 Å². The van der Waals surface area contributed by atoms with E-state index in [-0.39, 0.29) is 16.9 Å². The topological polar surface area (TPSA) is 92.5 Å². The molecule has 0 aliphatic carbocycles. The fourth-order valence-electron chi connectivity index (χ4n) is 1.65. The highest BCUT2D eigenvalue weighted by molar-refractivity contribution is 9.10. The molecule has 0 aliphatic heterocycles. The van der Waals surface area contributed by atoms with Crippen LogP contribution in [0.1, 0.15) is 10.4 Å². The molecule has 0 heterocycles. The van der Waals surface area contributed by atoms with Gasteiger partial charge >= 0.3 is 5.97 Å². The molecule has 2 rings (SSSR count). The van der Waals surface area contributed by atoms with Gasteiger partial charge in [-0.1, -0.05) is 22.0 Å². The van der Waals surface area contributed by atoms with Gasteiger partial charge in [0.05, 0.1) is 10.5 Å². The Morgan fingerprint density at radius 1 is 1.25 bits per heavy atom. The van der Waals surface area contributed by atoms with Gasteiger partial charge in [-0.05, 0) is 30.3 Å². The molecule has 0 atom stereocenters. The molecule has 6 nitrogen and oxygen atoms in total. The molecule has 2 aromatic carbocycles. The first-order chi connectivity index (χ1) is 9.47. The number of nitrogens with one attached hydrogen (secondary N) is 1. The summed E-state index contributed by atoms with van der Waals surface area (Å²) in [4.78, 5) is 21.3. The van der Waals surface area contributed by atoms with Gasteiger partial charge in [0.15, 0.2) is 0 Å². The maximum atomic E-state index is 11.0. The number of hydrogen-bond acceptors (Lipinski definition) is 4. The summed E-state index contributed by atoms with van der Waals surface area (Å²) in [6, 6.07) is 10.6. The van der Waals surface area contributed by atoms with E-state index in [0.717, 1.165) is 4.47 Å². The highest BCUT2D eigenvalue weighted by Gasteiger charge is 2.16. The summed E-state index contributed by atoms with van der Waals surface area (Å²) in [5.41, 5.74) is 0.543. The highest BCUT2D eigenvalue weighted by Crippen LogP contribution is 2.29. The van der Waals surface area contributed by atoms with Crippen LogP contribution in [0.3, 0.4) is 0 Å². The lowest BCUT2D eigenvalue weighted by molar-refractivity contribution is -0.383.